The molecule has 0 amide bonds. The molecule has 0 saturated heterocycles. The third-order valence-corrected chi connectivity index (χ3v) is 6.25. The molecule has 0 bridgehead atoms. The molecule has 0 spiro atoms. The molecule has 168 valence electrons. The summed E-state index contributed by atoms with van der Waals surface area (Å²) in [6.45, 7) is 5.42. The maximum atomic E-state index is 13.1. The molecule has 0 saturated carbocycles. The zero-order valence-corrected chi connectivity index (χ0v) is 18.8. The third kappa shape index (κ3) is 5.59. The van der Waals surface area contributed by atoms with Gasteiger partial charge in [-0.15, -0.1) is 0 Å². The first-order chi connectivity index (χ1) is 15.3. The molecule has 7 nitrogen and oxygen atoms in total. The first-order valence-corrected chi connectivity index (χ1v) is 11.7. The van der Waals surface area contributed by atoms with Gasteiger partial charge in [0.25, 0.3) is 10.0 Å². The highest BCUT2D eigenvalue weighted by atomic mass is 32.2. The molecule has 3 aromatic carbocycles. The number of nitrogens with one attached hydrogen (secondary N) is 1. The summed E-state index contributed by atoms with van der Waals surface area (Å²) in [5.74, 6) is -0.566. The van der Waals surface area contributed by atoms with Crippen LogP contribution in [0, 0.1) is 0 Å². The Labute approximate surface area is 188 Å². The Hall–Kier alpha value is -3.52. The zero-order chi connectivity index (χ0) is 23.1. The molecule has 0 aliphatic heterocycles. The maximum absolute atomic E-state index is 13.1. The van der Waals surface area contributed by atoms with E-state index in [0.717, 1.165) is 5.56 Å². The molecular formula is C24H26N2O5S. The van der Waals surface area contributed by atoms with Gasteiger partial charge in [-0.3, -0.25) is 4.72 Å². The van der Waals surface area contributed by atoms with Crippen LogP contribution < -0.4 is 14.4 Å². The number of hydrogen-bond donors (Lipinski definition) is 2. The Morgan fingerprint density at radius 1 is 1.00 bits per heavy atom. The first kappa shape index (κ1) is 23.1. The number of sulfonamides is 1. The second-order valence-corrected chi connectivity index (χ2v) is 8.73. The molecule has 2 N–H and O–H groups in total. The van der Waals surface area contributed by atoms with E-state index in [1.54, 1.807) is 18.2 Å². The maximum Gasteiger partial charge on any atom is 0.335 e. The predicted molar refractivity (Wildman–Crippen MR) is 125 cm³/mol. The molecular weight excluding hydrogens is 428 g/mol. The number of carbonyl (C=O) groups is 1. The number of hydrogen-bond acceptors (Lipinski definition) is 5. The smallest absolute Gasteiger partial charge is 0.335 e. The molecule has 0 fully saturated rings. The van der Waals surface area contributed by atoms with Gasteiger partial charge in [0.05, 0.1) is 28.4 Å². The van der Waals surface area contributed by atoms with E-state index in [2.05, 4.69) is 4.72 Å². The summed E-state index contributed by atoms with van der Waals surface area (Å²) in [7, 11) is -3.95. The number of anilines is 2. The van der Waals surface area contributed by atoms with Gasteiger partial charge in [0.15, 0.2) is 0 Å². The molecule has 0 atom stereocenters. The fourth-order valence-corrected chi connectivity index (χ4v) is 4.35. The lowest BCUT2D eigenvalue weighted by Crippen LogP contribution is -2.24. The molecule has 0 aliphatic rings. The molecule has 3 aromatic rings. The number of rotatable bonds is 10. The van der Waals surface area contributed by atoms with Crippen LogP contribution in [-0.4, -0.2) is 32.6 Å². The zero-order valence-electron chi connectivity index (χ0n) is 18.0. The van der Waals surface area contributed by atoms with Crippen molar-refractivity contribution in [2.75, 3.05) is 22.8 Å². The normalized spacial score (nSPS) is 11.1. The van der Waals surface area contributed by atoms with Gasteiger partial charge < -0.3 is 14.7 Å². The van der Waals surface area contributed by atoms with Crippen LogP contribution in [0.4, 0.5) is 11.4 Å². The van der Waals surface area contributed by atoms with Crippen molar-refractivity contribution in [2.45, 2.75) is 25.3 Å². The Balaban J connectivity index is 1.97. The topological polar surface area (TPSA) is 95.9 Å². The van der Waals surface area contributed by atoms with Gasteiger partial charge in [-0.25, -0.2) is 13.2 Å². The highest BCUT2D eigenvalue weighted by molar-refractivity contribution is 7.92. The number of carboxylic acids is 1. The second kappa shape index (κ2) is 10.2. The number of ether oxygens (including phenoxy) is 1. The van der Waals surface area contributed by atoms with Crippen molar-refractivity contribution in [3.63, 3.8) is 0 Å². The highest BCUT2D eigenvalue weighted by Crippen LogP contribution is 2.31. The summed E-state index contributed by atoms with van der Waals surface area (Å²) < 4.78 is 34.1. The lowest BCUT2D eigenvalue weighted by molar-refractivity contribution is 0.0697. The van der Waals surface area contributed by atoms with Crippen LogP contribution in [0.2, 0.25) is 0 Å². The average Bonchev–Trinajstić information content (AvgIpc) is 2.78. The van der Waals surface area contributed by atoms with E-state index in [9.17, 15) is 18.3 Å². The fourth-order valence-electron chi connectivity index (χ4n) is 3.28. The van der Waals surface area contributed by atoms with E-state index in [4.69, 9.17) is 4.74 Å². The Kier molecular flexibility index (Phi) is 7.37. The van der Waals surface area contributed by atoms with E-state index in [1.807, 2.05) is 49.1 Å². The van der Waals surface area contributed by atoms with E-state index in [0.29, 0.717) is 31.1 Å². The van der Waals surface area contributed by atoms with Gasteiger partial charge in [0, 0.05) is 13.1 Å². The fraction of sp³-hybridized carbons (Fsp3) is 0.208. The van der Waals surface area contributed by atoms with Gasteiger partial charge in [-0.2, -0.15) is 0 Å². The molecule has 32 heavy (non-hydrogen) atoms. The SMILES string of the molecule is CCOc1ccc(S(=O)(=O)Nc2cc(C(=O)O)ccc2N(CC)Cc2ccccc2)cc1. The minimum absolute atomic E-state index is 0.00564. The van der Waals surface area contributed by atoms with Gasteiger partial charge in [-0.1, -0.05) is 30.3 Å². The Bertz CT molecular complexity index is 1160. The van der Waals surface area contributed by atoms with Gasteiger partial charge >= 0.3 is 5.97 Å². The van der Waals surface area contributed by atoms with Crippen LogP contribution in [-0.2, 0) is 16.6 Å². The Morgan fingerprint density at radius 2 is 1.69 bits per heavy atom. The van der Waals surface area contributed by atoms with Crippen LogP contribution >= 0.6 is 0 Å². The van der Waals surface area contributed by atoms with Crippen molar-refractivity contribution in [3.8, 4) is 5.75 Å². The number of benzene rings is 3. The largest absolute Gasteiger partial charge is 0.494 e. The monoisotopic (exact) mass is 454 g/mol. The van der Waals surface area contributed by atoms with Gasteiger partial charge in [-0.05, 0) is 61.9 Å². The number of carboxylic acid groups (broad SMARTS) is 1. The summed E-state index contributed by atoms with van der Waals surface area (Å²) >= 11 is 0. The number of aromatic carboxylic acids is 1. The molecule has 0 unspecified atom stereocenters. The minimum atomic E-state index is -3.95. The molecule has 0 aliphatic carbocycles. The van der Waals surface area contributed by atoms with Crippen LogP contribution in [0.5, 0.6) is 5.75 Å². The molecule has 0 radical (unpaired) electrons. The molecule has 0 heterocycles. The summed E-state index contributed by atoms with van der Waals surface area (Å²) in [6.07, 6.45) is 0. The minimum Gasteiger partial charge on any atom is -0.494 e. The van der Waals surface area contributed by atoms with Crippen LogP contribution in [0.25, 0.3) is 0 Å². The quantitative estimate of drug-likeness (QED) is 0.464. The van der Waals surface area contributed by atoms with Crippen LogP contribution in [0.1, 0.15) is 29.8 Å². The molecule has 8 heteroatoms. The molecule has 3 rings (SSSR count). The summed E-state index contributed by atoms with van der Waals surface area (Å²) in [5.41, 5.74) is 1.85. The summed E-state index contributed by atoms with van der Waals surface area (Å²) in [5, 5.41) is 9.42. The van der Waals surface area contributed by atoms with Crippen LogP contribution in [0.15, 0.2) is 77.7 Å². The van der Waals surface area contributed by atoms with Crippen molar-refractivity contribution in [3.05, 3.63) is 83.9 Å². The molecule has 0 aromatic heterocycles. The lowest BCUT2D eigenvalue weighted by atomic mass is 10.1. The van der Waals surface area contributed by atoms with Crippen molar-refractivity contribution < 1.29 is 23.1 Å². The second-order valence-electron chi connectivity index (χ2n) is 7.05. The van der Waals surface area contributed by atoms with Crippen LogP contribution in [0.3, 0.4) is 0 Å². The third-order valence-electron chi connectivity index (χ3n) is 4.87. The van der Waals surface area contributed by atoms with Crippen molar-refractivity contribution in [1.82, 2.24) is 0 Å². The van der Waals surface area contributed by atoms with Crippen molar-refractivity contribution in [2.24, 2.45) is 0 Å². The first-order valence-electron chi connectivity index (χ1n) is 10.3. The van der Waals surface area contributed by atoms with E-state index in [-0.39, 0.29) is 16.1 Å². The standard InChI is InChI=1S/C24H26N2O5S/c1-3-26(17-18-8-6-5-7-9-18)23-15-10-19(24(27)28)16-22(23)25-32(29,30)21-13-11-20(12-14-21)31-4-2/h5-16,25H,3-4,17H2,1-2H3,(H,27,28). The van der Waals surface area contributed by atoms with E-state index >= 15 is 0 Å². The average molecular weight is 455 g/mol. The van der Waals surface area contributed by atoms with E-state index < -0.39 is 16.0 Å². The van der Waals surface area contributed by atoms with Crippen molar-refractivity contribution >= 4 is 27.4 Å². The van der Waals surface area contributed by atoms with Gasteiger partial charge in [0.2, 0.25) is 0 Å². The summed E-state index contributed by atoms with van der Waals surface area (Å²) in [6, 6.07) is 20.3. The lowest BCUT2D eigenvalue weighted by Gasteiger charge is -2.26. The highest BCUT2D eigenvalue weighted by Gasteiger charge is 2.20. The predicted octanol–water partition coefficient (Wildman–Crippen LogP) is 4.61. The number of nitrogens with zero attached hydrogens (tertiary/aromatic N) is 1. The van der Waals surface area contributed by atoms with Gasteiger partial charge in [0.1, 0.15) is 5.75 Å². The Morgan fingerprint density at radius 3 is 2.28 bits per heavy atom. The summed E-state index contributed by atoms with van der Waals surface area (Å²) in [4.78, 5) is 13.6. The van der Waals surface area contributed by atoms with Crippen molar-refractivity contribution in [1.29, 1.82) is 0 Å². The van der Waals surface area contributed by atoms with E-state index in [1.165, 1.54) is 24.3 Å².